The fraction of sp³-hybridized carbons (Fsp3) is 0.520. The van der Waals surface area contributed by atoms with Gasteiger partial charge in [0, 0.05) is 0 Å². The summed E-state index contributed by atoms with van der Waals surface area (Å²) in [6, 6.07) is 4.80. The van der Waals surface area contributed by atoms with Gasteiger partial charge in [0.25, 0.3) is 0 Å². The van der Waals surface area contributed by atoms with Gasteiger partial charge in [-0.15, -0.1) is 0 Å². The summed E-state index contributed by atoms with van der Waals surface area (Å²) < 4.78 is 81.1. The topological polar surface area (TPSA) is 9.23 Å². The van der Waals surface area contributed by atoms with Crippen LogP contribution in [0.15, 0.2) is 18.2 Å². The summed E-state index contributed by atoms with van der Waals surface area (Å²) in [6.45, 7) is 6.30. The Bertz CT molecular complexity index is 865. The van der Waals surface area contributed by atoms with Crippen LogP contribution in [0, 0.1) is 29.1 Å². The monoisotopic (exact) mass is 564 g/mol. The standard InChI is InChI=1S/C13H6F5O.3C4H9.Sn/c1-19-7-4-2-3-6(5-7)8-9(14)11(16)13(18)12(17)10(8)15;3*1-3-4-2;/h2-4H,1H3;3*1,3-4H2,2H3;. The third-order valence-corrected chi connectivity index (χ3v) is 22.0. The van der Waals surface area contributed by atoms with Gasteiger partial charge in [-0.1, -0.05) is 0 Å². The molecule has 7 heteroatoms. The number of methoxy groups -OCH3 is 1. The minimum absolute atomic E-state index is 0.108. The van der Waals surface area contributed by atoms with Crippen molar-refractivity contribution in [3.8, 4) is 16.9 Å². The van der Waals surface area contributed by atoms with Gasteiger partial charge in [-0.3, -0.25) is 0 Å². The van der Waals surface area contributed by atoms with Crippen LogP contribution in [0.3, 0.4) is 0 Å². The van der Waals surface area contributed by atoms with Gasteiger partial charge in [-0.05, 0) is 0 Å². The van der Waals surface area contributed by atoms with Crippen molar-refractivity contribution >= 4 is 22.0 Å². The summed E-state index contributed by atoms with van der Waals surface area (Å²) in [5.74, 6) is -9.01. The molecule has 0 aliphatic rings. The van der Waals surface area contributed by atoms with E-state index < -0.39 is 53.0 Å². The molecular weight excluding hydrogens is 530 g/mol. The predicted octanol–water partition coefficient (Wildman–Crippen LogP) is 8.11. The Morgan fingerprint density at radius 2 is 1.12 bits per heavy atom. The first kappa shape index (κ1) is 26.9. The Morgan fingerprint density at radius 1 is 0.688 bits per heavy atom. The zero-order valence-corrected chi connectivity index (χ0v) is 22.2. The van der Waals surface area contributed by atoms with E-state index in [0.29, 0.717) is 5.75 Å². The maximum absolute atomic E-state index is 14.9. The van der Waals surface area contributed by atoms with Gasteiger partial charge in [-0.25, -0.2) is 0 Å². The van der Waals surface area contributed by atoms with Crippen LogP contribution in [0.25, 0.3) is 11.1 Å². The number of ether oxygens (including phenoxy) is 1. The van der Waals surface area contributed by atoms with E-state index in [2.05, 4.69) is 20.8 Å². The van der Waals surface area contributed by atoms with Gasteiger partial charge >= 0.3 is 193 Å². The van der Waals surface area contributed by atoms with E-state index in [1.165, 1.54) is 13.2 Å². The summed E-state index contributed by atoms with van der Waals surface area (Å²) in [4.78, 5) is 0. The molecule has 0 bridgehead atoms. The van der Waals surface area contributed by atoms with E-state index in [-0.39, 0.29) is 5.56 Å². The molecule has 2 aromatic carbocycles. The SMILES string of the molecule is CCC[CH2][Sn]([CH2]CCC)([CH2]CCC)[c]1c(OC)cccc1-c1c(F)c(F)c(F)c(F)c1F. The normalized spacial score (nSPS) is 11.8. The molecule has 0 aliphatic carbocycles. The van der Waals surface area contributed by atoms with Gasteiger partial charge in [-0.2, -0.15) is 0 Å². The van der Waals surface area contributed by atoms with E-state index >= 15 is 0 Å². The number of hydrogen-bond donors (Lipinski definition) is 0. The second-order valence-electron chi connectivity index (χ2n) is 8.42. The molecule has 2 rings (SSSR count). The fourth-order valence-corrected chi connectivity index (χ4v) is 21.9. The van der Waals surface area contributed by atoms with Crippen LogP contribution < -0.4 is 8.32 Å². The van der Waals surface area contributed by atoms with Gasteiger partial charge in [0.15, 0.2) is 0 Å². The first-order valence-corrected chi connectivity index (χ1v) is 19.0. The molecule has 0 saturated carbocycles. The molecular formula is C25H33F5OSn. The van der Waals surface area contributed by atoms with Crippen molar-refractivity contribution in [2.24, 2.45) is 0 Å². The van der Waals surface area contributed by atoms with Crippen molar-refractivity contribution in [3.05, 3.63) is 47.3 Å². The summed E-state index contributed by atoms with van der Waals surface area (Å²) in [7, 11) is 1.50. The van der Waals surface area contributed by atoms with Gasteiger partial charge < -0.3 is 0 Å². The summed E-state index contributed by atoms with van der Waals surface area (Å²) >= 11 is -3.40. The Balaban J connectivity index is 2.93. The first-order chi connectivity index (χ1) is 15.3. The van der Waals surface area contributed by atoms with Gasteiger partial charge in [0.2, 0.25) is 0 Å². The molecule has 0 atom stereocenters. The average molecular weight is 563 g/mol. The summed E-state index contributed by atoms with van der Waals surface area (Å²) in [5.41, 5.74) is -0.725. The number of hydrogen-bond acceptors (Lipinski definition) is 1. The molecule has 0 saturated heterocycles. The van der Waals surface area contributed by atoms with Crippen molar-refractivity contribution in [2.45, 2.75) is 72.6 Å². The van der Waals surface area contributed by atoms with Crippen LogP contribution >= 0.6 is 0 Å². The number of halogens is 5. The van der Waals surface area contributed by atoms with Gasteiger partial charge in [0.05, 0.1) is 0 Å². The van der Waals surface area contributed by atoms with E-state index in [0.717, 1.165) is 55.4 Å². The van der Waals surface area contributed by atoms with Crippen LogP contribution in [-0.2, 0) is 0 Å². The Morgan fingerprint density at radius 3 is 1.53 bits per heavy atom. The van der Waals surface area contributed by atoms with Crippen molar-refractivity contribution in [3.63, 3.8) is 0 Å². The molecule has 1 nitrogen and oxygen atoms in total. The quantitative estimate of drug-likeness (QED) is 0.110. The molecule has 0 amide bonds. The Kier molecular flexibility index (Phi) is 10.3. The Labute approximate surface area is 192 Å². The molecule has 0 heterocycles. The molecule has 0 aromatic heterocycles. The molecule has 0 spiro atoms. The van der Waals surface area contributed by atoms with Crippen LogP contribution in [0.1, 0.15) is 59.3 Å². The minimum atomic E-state index is -3.40. The van der Waals surface area contributed by atoms with Crippen molar-refractivity contribution < 1.29 is 26.7 Å². The van der Waals surface area contributed by atoms with Crippen LogP contribution in [0.5, 0.6) is 5.75 Å². The third-order valence-electron chi connectivity index (χ3n) is 6.28. The van der Waals surface area contributed by atoms with E-state index in [1.54, 1.807) is 12.1 Å². The molecule has 0 aliphatic heterocycles. The van der Waals surface area contributed by atoms with Crippen LogP contribution in [-0.4, -0.2) is 25.5 Å². The zero-order chi connectivity index (χ0) is 23.9. The first-order valence-electron chi connectivity index (χ1n) is 11.5. The zero-order valence-electron chi connectivity index (χ0n) is 19.4. The average Bonchev–Trinajstić information content (AvgIpc) is 2.81. The van der Waals surface area contributed by atoms with Crippen molar-refractivity contribution in [1.82, 2.24) is 0 Å². The van der Waals surface area contributed by atoms with Crippen molar-refractivity contribution in [2.75, 3.05) is 7.11 Å². The summed E-state index contributed by atoms with van der Waals surface area (Å²) in [5, 5.41) is 0. The second-order valence-corrected chi connectivity index (χ2v) is 21.4. The fourth-order valence-electron chi connectivity index (χ4n) is 4.59. The van der Waals surface area contributed by atoms with Crippen LogP contribution in [0.2, 0.25) is 13.3 Å². The Hall–Kier alpha value is -1.31. The molecule has 0 N–H and O–H groups in total. The third kappa shape index (κ3) is 5.42. The molecule has 0 radical (unpaired) electrons. The second kappa shape index (κ2) is 12.2. The van der Waals surface area contributed by atoms with Crippen molar-refractivity contribution in [1.29, 1.82) is 0 Å². The number of benzene rings is 2. The molecule has 0 unspecified atom stereocenters. The van der Waals surface area contributed by atoms with E-state index in [4.69, 9.17) is 4.74 Å². The molecule has 178 valence electrons. The maximum atomic E-state index is 14.9. The number of rotatable bonds is 12. The van der Waals surface area contributed by atoms with E-state index in [1.807, 2.05) is 0 Å². The predicted molar refractivity (Wildman–Crippen MR) is 123 cm³/mol. The van der Waals surface area contributed by atoms with E-state index in [9.17, 15) is 22.0 Å². The van der Waals surface area contributed by atoms with Gasteiger partial charge in [0.1, 0.15) is 0 Å². The molecule has 0 fully saturated rings. The number of unbranched alkanes of at least 4 members (excludes halogenated alkanes) is 3. The molecule has 2 aromatic rings. The molecule has 32 heavy (non-hydrogen) atoms. The summed E-state index contributed by atoms with van der Waals surface area (Å²) in [6.07, 6.45) is 5.84. The van der Waals surface area contributed by atoms with Crippen LogP contribution in [0.4, 0.5) is 22.0 Å².